The summed E-state index contributed by atoms with van der Waals surface area (Å²) in [6.07, 6.45) is 4.57. The number of benzene rings is 1. The minimum atomic E-state index is 0.0372. The fourth-order valence-corrected chi connectivity index (χ4v) is 3.08. The van der Waals surface area contributed by atoms with Gasteiger partial charge in [-0.25, -0.2) is 9.97 Å². The first kappa shape index (κ1) is 16.4. The molecule has 0 aliphatic carbocycles. The second-order valence-electron chi connectivity index (χ2n) is 6.10. The predicted molar refractivity (Wildman–Crippen MR) is 94.0 cm³/mol. The van der Waals surface area contributed by atoms with Gasteiger partial charge in [0.05, 0.1) is 0 Å². The van der Waals surface area contributed by atoms with E-state index < -0.39 is 0 Å². The van der Waals surface area contributed by atoms with E-state index in [2.05, 4.69) is 26.7 Å². The standard InChI is InChI=1S/C18H23N5O/c1-19-18-21-9-13(10-22-18)12-23(2)17(24)16-6-4-3-5-15(16)14-7-8-20-11-14/h3-6,9-10,14,20H,7-8,11-12H2,1-2H3,(H,19,21,22)/t14-/m0/s1. The number of amides is 1. The normalized spacial score (nSPS) is 16.8. The molecule has 1 amide bonds. The lowest BCUT2D eigenvalue weighted by Crippen LogP contribution is -2.28. The molecule has 3 rings (SSSR count). The van der Waals surface area contributed by atoms with Crippen LogP contribution in [0.1, 0.15) is 33.8 Å². The molecule has 2 aromatic rings. The molecule has 0 radical (unpaired) electrons. The summed E-state index contributed by atoms with van der Waals surface area (Å²) in [6.45, 7) is 2.44. The quantitative estimate of drug-likeness (QED) is 0.878. The van der Waals surface area contributed by atoms with E-state index in [1.807, 2.05) is 25.2 Å². The third-order valence-corrected chi connectivity index (χ3v) is 4.39. The molecule has 0 bridgehead atoms. The first-order chi connectivity index (χ1) is 11.7. The highest BCUT2D eigenvalue weighted by molar-refractivity contribution is 5.95. The SMILES string of the molecule is CNc1ncc(CN(C)C(=O)c2ccccc2[C@H]2CCNC2)cn1. The van der Waals surface area contributed by atoms with Crippen molar-refractivity contribution < 1.29 is 4.79 Å². The van der Waals surface area contributed by atoms with E-state index in [1.54, 1.807) is 24.3 Å². The van der Waals surface area contributed by atoms with Gasteiger partial charge in [0, 0.05) is 50.7 Å². The Morgan fingerprint density at radius 1 is 1.33 bits per heavy atom. The molecule has 6 heteroatoms. The van der Waals surface area contributed by atoms with E-state index in [9.17, 15) is 4.79 Å². The van der Waals surface area contributed by atoms with Gasteiger partial charge in [-0.3, -0.25) is 4.79 Å². The zero-order valence-corrected chi connectivity index (χ0v) is 14.1. The van der Waals surface area contributed by atoms with E-state index in [0.717, 1.165) is 36.2 Å². The van der Waals surface area contributed by atoms with E-state index >= 15 is 0 Å². The number of hydrogen-bond acceptors (Lipinski definition) is 5. The Kier molecular flexibility index (Phi) is 5.05. The number of anilines is 1. The maximum absolute atomic E-state index is 12.9. The third-order valence-electron chi connectivity index (χ3n) is 4.39. The lowest BCUT2D eigenvalue weighted by atomic mass is 9.93. The van der Waals surface area contributed by atoms with Gasteiger partial charge in [-0.1, -0.05) is 18.2 Å². The molecule has 0 saturated carbocycles. The molecule has 1 atom stereocenters. The fourth-order valence-electron chi connectivity index (χ4n) is 3.08. The van der Waals surface area contributed by atoms with Crippen LogP contribution in [0.15, 0.2) is 36.7 Å². The first-order valence-electron chi connectivity index (χ1n) is 8.23. The molecular formula is C18H23N5O. The van der Waals surface area contributed by atoms with Crippen molar-refractivity contribution in [2.45, 2.75) is 18.9 Å². The summed E-state index contributed by atoms with van der Waals surface area (Å²) in [7, 11) is 3.59. The minimum absolute atomic E-state index is 0.0372. The smallest absolute Gasteiger partial charge is 0.254 e. The van der Waals surface area contributed by atoms with Crippen molar-refractivity contribution in [3.63, 3.8) is 0 Å². The second-order valence-corrected chi connectivity index (χ2v) is 6.10. The van der Waals surface area contributed by atoms with Gasteiger partial charge in [0.15, 0.2) is 0 Å². The molecule has 2 heterocycles. The Labute approximate surface area is 142 Å². The summed E-state index contributed by atoms with van der Waals surface area (Å²) in [4.78, 5) is 23.0. The number of nitrogens with zero attached hydrogens (tertiary/aromatic N) is 3. The topological polar surface area (TPSA) is 70.2 Å². The van der Waals surface area contributed by atoms with Gasteiger partial charge in [-0.2, -0.15) is 0 Å². The molecule has 6 nitrogen and oxygen atoms in total. The zero-order chi connectivity index (χ0) is 16.9. The number of hydrogen-bond donors (Lipinski definition) is 2. The van der Waals surface area contributed by atoms with Crippen LogP contribution in [-0.4, -0.2) is 48.0 Å². The molecule has 1 aliphatic heterocycles. The van der Waals surface area contributed by atoms with Crippen molar-refractivity contribution in [2.75, 3.05) is 32.5 Å². The molecule has 1 fully saturated rings. The summed E-state index contributed by atoms with van der Waals surface area (Å²) >= 11 is 0. The van der Waals surface area contributed by atoms with Gasteiger partial charge in [-0.15, -0.1) is 0 Å². The van der Waals surface area contributed by atoms with Gasteiger partial charge in [-0.05, 0) is 30.5 Å². The maximum Gasteiger partial charge on any atom is 0.254 e. The Morgan fingerprint density at radius 3 is 2.75 bits per heavy atom. The Hall–Kier alpha value is -2.47. The largest absolute Gasteiger partial charge is 0.357 e. The van der Waals surface area contributed by atoms with E-state index in [4.69, 9.17) is 0 Å². The van der Waals surface area contributed by atoms with Gasteiger partial charge in [0.2, 0.25) is 5.95 Å². The molecule has 1 aromatic carbocycles. The van der Waals surface area contributed by atoms with Crippen LogP contribution in [0.4, 0.5) is 5.95 Å². The Morgan fingerprint density at radius 2 is 2.08 bits per heavy atom. The maximum atomic E-state index is 12.9. The first-order valence-corrected chi connectivity index (χ1v) is 8.23. The molecular weight excluding hydrogens is 302 g/mol. The van der Waals surface area contributed by atoms with Crippen LogP contribution in [0.25, 0.3) is 0 Å². The molecule has 0 unspecified atom stereocenters. The van der Waals surface area contributed by atoms with Crippen LogP contribution >= 0.6 is 0 Å². The fraction of sp³-hybridized carbons (Fsp3) is 0.389. The summed E-state index contributed by atoms with van der Waals surface area (Å²) in [5.74, 6) is 1.03. The highest BCUT2D eigenvalue weighted by Gasteiger charge is 2.23. The zero-order valence-electron chi connectivity index (χ0n) is 14.1. The van der Waals surface area contributed by atoms with Crippen LogP contribution in [-0.2, 0) is 6.54 Å². The van der Waals surface area contributed by atoms with Crippen molar-refractivity contribution >= 4 is 11.9 Å². The summed E-state index contributed by atoms with van der Waals surface area (Å²) in [6, 6.07) is 7.93. The molecule has 126 valence electrons. The molecule has 24 heavy (non-hydrogen) atoms. The van der Waals surface area contributed by atoms with E-state index in [1.165, 1.54) is 0 Å². The number of aromatic nitrogens is 2. The molecule has 1 aliphatic rings. The summed E-state index contributed by atoms with van der Waals surface area (Å²) < 4.78 is 0. The Bertz CT molecular complexity index is 695. The monoisotopic (exact) mass is 325 g/mol. The third kappa shape index (κ3) is 3.54. The summed E-state index contributed by atoms with van der Waals surface area (Å²) in [5.41, 5.74) is 2.84. The van der Waals surface area contributed by atoms with Crippen molar-refractivity contribution in [2.24, 2.45) is 0 Å². The number of nitrogens with one attached hydrogen (secondary N) is 2. The number of carbonyl (C=O) groups is 1. The van der Waals surface area contributed by atoms with Crippen molar-refractivity contribution in [1.82, 2.24) is 20.2 Å². The van der Waals surface area contributed by atoms with Gasteiger partial charge in [0.1, 0.15) is 0 Å². The van der Waals surface area contributed by atoms with E-state index in [0.29, 0.717) is 18.4 Å². The molecule has 0 spiro atoms. The Balaban J connectivity index is 1.75. The van der Waals surface area contributed by atoms with Crippen LogP contribution in [0.2, 0.25) is 0 Å². The molecule has 2 N–H and O–H groups in total. The van der Waals surface area contributed by atoms with Gasteiger partial charge >= 0.3 is 0 Å². The number of rotatable bonds is 5. The molecule has 1 aromatic heterocycles. The minimum Gasteiger partial charge on any atom is -0.357 e. The van der Waals surface area contributed by atoms with Crippen molar-refractivity contribution in [3.05, 3.63) is 53.3 Å². The average Bonchev–Trinajstić information content (AvgIpc) is 3.16. The second kappa shape index (κ2) is 7.40. The van der Waals surface area contributed by atoms with Crippen molar-refractivity contribution in [3.8, 4) is 0 Å². The van der Waals surface area contributed by atoms with Crippen LogP contribution < -0.4 is 10.6 Å². The lowest BCUT2D eigenvalue weighted by molar-refractivity contribution is 0.0783. The van der Waals surface area contributed by atoms with Crippen molar-refractivity contribution in [1.29, 1.82) is 0 Å². The summed E-state index contributed by atoms with van der Waals surface area (Å²) in [5, 5.41) is 6.26. The van der Waals surface area contributed by atoms with Gasteiger partial charge in [0.25, 0.3) is 5.91 Å². The van der Waals surface area contributed by atoms with Crippen LogP contribution in [0.5, 0.6) is 0 Å². The highest BCUT2D eigenvalue weighted by atomic mass is 16.2. The van der Waals surface area contributed by atoms with Gasteiger partial charge < -0.3 is 15.5 Å². The predicted octanol–water partition coefficient (Wildman–Crippen LogP) is 1.87. The van der Waals surface area contributed by atoms with E-state index in [-0.39, 0.29) is 5.91 Å². The average molecular weight is 325 g/mol. The number of carbonyl (C=O) groups excluding carboxylic acids is 1. The van der Waals surface area contributed by atoms with Crippen LogP contribution in [0, 0.1) is 0 Å². The lowest BCUT2D eigenvalue weighted by Gasteiger charge is -2.21. The highest BCUT2D eigenvalue weighted by Crippen LogP contribution is 2.26. The van der Waals surface area contributed by atoms with Crippen LogP contribution in [0.3, 0.4) is 0 Å². The molecule has 1 saturated heterocycles.